The quantitative estimate of drug-likeness (QED) is 0.725. The number of hydrogen-bond donors (Lipinski definition) is 1. The van der Waals surface area contributed by atoms with Crippen LogP contribution in [0.2, 0.25) is 0 Å². The van der Waals surface area contributed by atoms with E-state index in [9.17, 15) is 0 Å². The lowest BCUT2D eigenvalue weighted by Gasteiger charge is -2.33. The van der Waals surface area contributed by atoms with Gasteiger partial charge >= 0.3 is 0 Å². The second kappa shape index (κ2) is 8.31. The monoisotopic (exact) mass is 362 g/mol. The highest BCUT2D eigenvalue weighted by Gasteiger charge is 2.19. The molecule has 0 spiro atoms. The summed E-state index contributed by atoms with van der Waals surface area (Å²) in [7, 11) is 0. The normalized spacial score (nSPS) is 17.7. The van der Waals surface area contributed by atoms with Gasteiger partial charge < -0.3 is 5.32 Å². The molecule has 1 aromatic carbocycles. The molecule has 1 fully saturated rings. The van der Waals surface area contributed by atoms with Gasteiger partial charge in [-0.05, 0) is 43.5 Å². The van der Waals surface area contributed by atoms with Crippen molar-refractivity contribution in [2.45, 2.75) is 45.3 Å². The molecule has 0 bridgehead atoms. The van der Waals surface area contributed by atoms with Crippen LogP contribution < -0.4 is 5.32 Å². The lowest BCUT2D eigenvalue weighted by molar-refractivity contribution is 0.152. The van der Waals surface area contributed by atoms with Gasteiger partial charge in [0.15, 0.2) is 5.82 Å². The molecule has 6 heteroatoms. The van der Waals surface area contributed by atoms with Crippen molar-refractivity contribution in [1.82, 2.24) is 24.6 Å². The maximum Gasteiger partial charge on any atom is 0.173 e. The van der Waals surface area contributed by atoms with E-state index >= 15 is 0 Å². The Morgan fingerprint density at radius 3 is 2.81 bits per heavy atom. The van der Waals surface area contributed by atoms with Gasteiger partial charge in [-0.25, -0.2) is 9.67 Å². The average Bonchev–Trinajstić information content (AvgIpc) is 3.24. The average molecular weight is 362 g/mol. The molecular formula is C21H26N6. The van der Waals surface area contributed by atoms with Gasteiger partial charge in [0.1, 0.15) is 5.82 Å². The van der Waals surface area contributed by atoms with Crippen molar-refractivity contribution in [2.24, 2.45) is 0 Å². The number of nitrogens with one attached hydrogen (secondary N) is 1. The van der Waals surface area contributed by atoms with E-state index in [2.05, 4.69) is 56.5 Å². The van der Waals surface area contributed by atoms with Gasteiger partial charge in [0.25, 0.3) is 0 Å². The molecule has 6 nitrogen and oxygen atoms in total. The molecule has 1 saturated heterocycles. The SMILES string of the molecule is C[C@H]1CCCCN1Cc1ccccc1CNc1cncc(-n2cccn2)n1. The van der Waals surface area contributed by atoms with Gasteiger partial charge in [-0.3, -0.25) is 9.88 Å². The van der Waals surface area contributed by atoms with Gasteiger partial charge in [0.2, 0.25) is 0 Å². The van der Waals surface area contributed by atoms with Crippen molar-refractivity contribution in [2.75, 3.05) is 11.9 Å². The molecular weight excluding hydrogens is 336 g/mol. The van der Waals surface area contributed by atoms with E-state index < -0.39 is 0 Å². The number of likely N-dealkylation sites (tertiary alicyclic amines) is 1. The summed E-state index contributed by atoms with van der Waals surface area (Å²) < 4.78 is 1.71. The fourth-order valence-electron chi connectivity index (χ4n) is 3.64. The van der Waals surface area contributed by atoms with E-state index in [1.165, 1.54) is 36.9 Å². The summed E-state index contributed by atoms with van der Waals surface area (Å²) in [6.45, 7) is 5.28. The predicted octanol–water partition coefficient (Wildman–Crippen LogP) is 3.65. The van der Waals surface area contributed by atoms with Crippen molar-refractivity contribution in [3.8, 4) is 5.82 Å². The van der Waals surface area contributed by atoms with E-state index in [1.54, 1.807) is 23.3 Å². The second-order valence-electron chi connectivity index (χ2n) is 7.15. The van der Waals surface area contributed by atoms with E-state index in [0.29, 0.717) is 11.9 Å². The van der Waals surface area contributed by atoms with E-state index in [4.69, 9.17) is 0 Å². The first-order valence-electron chi connectivity index (χ1n) is 9.66. The van der Waals surface area contributed by atoms with Crippen molar-refractivity contribution < 1.29 is 0 Å². The topological polar surface area (TPSA) is 58.9 Å². The van der Waals surface area contributed by atoms with Crippen molar-refractivity contribution in [3.05, 3.63) is 66.2 Å². The summed E-state index contributed by atoms with van der Waals surface area (Å²) in [6, 6.07) is 11.2. The van der Waals surface area contributed by atoms with Crippen molar-refractivity contribution in [3.63, 3.8) is 0 Å². The minimum atomic E-state index is 0.663. The molecule has 1 atom stereocenters. The van der Waals surface area contributed by atoms with Crippen LogP contribution >= 0.6 is 0 Å². The Hall–Kier alpha value is -2.73. The maximum absolute atomic E-state index is 4.60. The third-order valence-corrected chi connectivity index (χ3v) is 5.25. The van der Waals surface area contributed by atoms with E-state index in [0.717, 1.165) is 18.9 Å². The first-order chi connectivity index (χ1) is 13.3. The van der Waals surface area contributed by atoms with Crippen LogP contribution in [0.25, 0.3) is 5.82 Å². The molecule has 0 amide bonds. The number of piperidine rings is 1. The van der Waals surface area contributed by atoms with Crippen molar-refractivity contribution in [1.29, 1.82) is 0 Å². The van der Waals surface area contributed by atoms with Gasteiger partial charge in [0.05, 0.1) is 12.4 Å². The largest absolute Gasteiger partial charge is 0.365 e. The van der Waals surface area contributed by atoms with Gasteiger partial charge in [-0.1, -0.05) is 30.7 Å². The predicted molar refractivity (Wildman–Crippen MR) is 107 cm³/mol. The van der Waals surface area contributed by atoms with Crippen LogP contribution in [0.15, 0.2) is 55.1 Å². The minimum absolute atomic E-state index is 0.663. The number of nitrogens with zero attached hydrogens (tertiary/aromatic N) is 5. The summed E-state index contributed by atoms with van der Waals surface area (Å²) in [5.74, 6) is 1.46. The Bertz CT molecular complexity index is 861. The molecule has 3 aromatic rings. The number of aromatic nitrogens is 4. The Kier molecular flexibility index (Phi) is 5.44. The van der Waals surface area contributed by atoms with Crippen LogP contribution in [-0.4, -0.2) is 37.2 Å². The highest BCUT2D eigenvalue weighted by Crippen LogP contribution is 2.21. The van der Waals surface area contributed by atoms with Crippen LogP contribution in [0.1, 0.15) is 37.3 Å². The molecule has 0 aliphatic carbocycles. The summed E-state index contributed by atoms with van der Waals surface area (Å²) in [5.41, 5.74) is 2.69. The zero-order chi connectivity index (χ0) is 18.5. The molecule has 3 heterocycles. The van der Waals surface area contributed by atoms with Crippen LogP contribution in [0.3, 0.4) is 0 Å². The Morgan fingerprint density at radius 2 is 2.00 bits per heavy atom. The summed E-state index contributed by atoms with van der Waals surface area (Å²) in [4.78, 5) is 11.5. The molecule has 0 radical (unpaired) electrons. The fraction of sp³-hybridized carbons (Fsp3) is 0.381. The van der Waals surface area contributed by atoms with Crippen molar-refractivity contribution >= 4 is 5.82 Å². The number of rotatable bonds is 6. The summed E-state index contributed by atoms with van der Waals surface area (Å²) in [5, 5.41) is 7.63. The summed E-state index contributed by atoms with van der Waals surface area (Å²) >= 11 is 0. The first-order valence-corrected chi connectivity index (χ1v) is 9.66. The molecule has 27 heavy (non-hydrogen) atoms. The molecule has 1 aliphatic rings. The van der Waals surface area contributed by atoms with Gasteiger partial charge in [0, 0.05) is 31.5 Å². The standard InChI is InChI=1S/C21H26N6/c1-17-7-4-5-11-26(17)16-19-9-3-2-8-18(19)13-23-20-14-22-15-21(25-20)27-12-6-10-24-27/h2-3,6,8-10,12,14-15,17H,4-5,7,11,13,16H2,1H3,(H,23,25)/t17-/m0/s1. The number of anilines is 1. The highest BCUT2D eigenvalue weighted by molar-refractivity contribution is 5.38. The van der Waals surface area contributed by atoms with Gasteiger partial charge in [-0.15, -0.1) is 0 Å². The fourth-order valence-corrected chi connectivity index (χ4v) is 3.64. The van der Waals surface area contributed by atoms with E-state index in [1.807, 2.05) is 12.3 Å². The first kappa shape index (κ1) is 17.7. The number of benzene rings is 1. The smallest absolute Gasteiger partial charge is 0.173 e. The Morgan fingerprint density at radius 1 is 1.11 bits per heavy atom. The third kappa shape index (κ3) is 4.34. The van der Waals surface area contributed by atoms with Gasteiger partial charge in [-0.2, -0.15) is 5.10 Å². The molecule has 140 valence electrons. The molecule has 4 rings (SSSR count). The van der Waals surface area contributed by atoms with Crippen LogP contribution in [0.5, 0.6) is 0 Å². The van der Waals surface area contributed by atoms with Crippen LogP contribution in [0, 0.1) is 0 Å². The lowest BCUT2D eigenvalue weighted by Crippen LogP contribution is -2.37. The summed E-state index contributed by atoms with van der Waals surface area (Å²) in [6.07, 6.45) is 11.0. The minimum Gasteiger partial charge on any atom is -0.365 e. The second-order valence-corrected chi connectivity index (χ2v) is 7.15. The maximum atomic E-state index is 4.60. The lowest BCUT2D eigenvalue weighted by atomic mass is 10.0. The van der Waals surface area contributed by atoms with Crippen LogP contribution in [0.4, 0.5) is 5.82 Å². The molecule has 1 N–H and O–H groups in total. The Balaban J connectivity index is 1.45. The zero-order valence-corrected chi connectivity index (χ0v) is 15.8. The molecule has 1 aliphatic heterocycles. The molecule has 0 saturated carbocycles. The molecule has 0 unspecified atom stereocenters. The molecule has 2 aromatic heterocycles. The van der Waals surface area contributed by atoms with E-state index in [-0.39, 0.29) is 0 Å². The zero-order valence-electron chi connectivity index (χ0n) is 15.8. The van der Waals surface area contributed by atoms with Crippen LogP contribution in [-0.2, 0) is 13.1 Å². The Labute approximate surface area is 160 Å². The number of hydrogen-bond acceptors (Lipinski definition) is 5. The third-order valence-electron chi connectivity index (χ3n) is 5.25. The highest BCUT2D eigenvalue weighted by atomic mass is 15.3.